The van der Waals surface area contributed by atoms with Crippen LogP contribution in [0.2, 0.25) is 0 Å². The van der Waals surface area contributed by atoms with E-state index in [1.54, 1.807) is 12.2 Å². The van der Waals surface area contributed by atoms with Crippen LogP contribution in [-0.4, -0.2) is 35.9 Å². The molecule has 2 heterocycles. The average Bonchev–Trinajstić information content (AvgIpc) is 2.95. The molecule has 2 aliphatic heterocycles. The van der Waals surface area contributed by atoms with E-state index in [0.717, 1.165) is 6.42 Å². The lowest BCUT2D eigenvalue weighted by atomic mass is 9.81. The molecule has 0 spiro atoms. The number of rotatable bonds is 2. The Hall–Kier alpha value is -0.130. The van der Waals surface area contributed by atoms with Gasteiger partial charge in [-0.25, -0.2) is 0 Å². The number of aliphatic hydroxyl groups is 1. The third-order valence-electron chi connectivity index (χ3n) is 3.38. The summed E-state index contributed by atoms with van der Waals surface area (Å²) < 4.78 is -1.00. The normalized spacial score (nSPS) is 57.4. The van der Waals surface area contributed by atoms with Gasteiger partial charge in [0, 0.05) is 0 Å². The molecule has 76 valence electrons. The minimum absolute atomic E-state index is 0.0751. The average molecular weight is 230 g/mol. The van der Waals surface area contributed by atoms with Gasteiger partial charge in [0.2, 0.25) is 0 Å². The summed E-state index contributed by atoms with van der Waals surface area (Å²) in [5.74, 6) is -0.768. The van der Waals surface area contributed by atoms with Gasteiger partial charge < -0.3 is 10.2 Å². The molecule has 5 heteroatoms. The summed E-state index contributed by atoms with van der Waals surface area (Å²) in [4.78, 5) is 10.4. The highest BCUT2D eigenvalue weighted by Gasteiger charge is 2.84. The van der Waals surface area contributed by atoms with E-state index in [2.05, 4.69) is 0 Å². The first kappa shape index (κ1) is 9.12. The number of fused-ring (bicyclic) bond motifs is 3. The second kappa shape index (κ2) is 2.18. The van der Waals surface area contributed by atoms with Crippen LogP contribution in [0, 0.1) is 0 Å². The van der Waals surface area contributed by atoms with E-state index in [1.165, 1.54) is 23.5 Å². The van der Waals surface area contributed by atoms with Crippen LogP contribution >= 0.6 is 23.5 Å². The van der Waals surface area contributed by atoms with Crippen molar-refractivity contribution < 1.29 is 15.0 Å². The molecule has 3 rings (SSSR count). The summed E-state index contributed by atoms with van der Waals surface area (Å²) >= 11 is 2.96. The largest absolute Gasteiger partial charge is 0.480 e. The zero-order valence-corrected chi connectivity index (χ0v) is 9.19. The van der Waals surface area contributed by atoms with Crippen molar-refractivity contribution in [1.29, 1.82) is 0 Å². The standard InChI is InChI=1S/C9H10O3S2/c1-2-7-5-9(12,13-5)4-3-8(7,14-7)6(10)11/h3-5,12H,2H2,1H3,(H,10,11). The van der Waals surface area contributed by atoms with Gasteiger partial charge in [0.05, 0.1) is 10.00 Å². The van der Waals surface area contributed by atoms with Crippen molar-refractivity contribution in [2.24, 2.45) is 0 Å². The van der Waals surface area contributed by atoms with Crippen LogP contribution in [0.1, 0.15) is 13.3 Å². The van der Waals surface area contributed by atoms with Gasteiger partial charge in [-0.1, -0.05) is 13.0 Å². The summed E-state index contributed by atoms with van der Waals surface area (Å²) in [6.45, 7) is 2.00. The van der Waals surface area contributed by atoms with Crippen LogP contribution in [0.3, 0.4) is 0 Å². The molecule has 14 heavy (non-hydrogen) atoms. The predicted molar refractivity (Wildman–Crippen MR) is 56.4 cm³/mol. The van der Waals surface area contributed by atoms with Gasteiger partial charge in [-0.15, -0.1) is 23.5 Å². The first-order valence-corrected chi connectivity index (χ1v) is 6.24. The zero-order valence-electron chi connectivity index (χ0n) is 7.56. The fraction of sp³-hybridized carbons (Fsp3) is 0.667. The highest BCUT2D eigenvalue weighted by molar-refractivity contribution is 8.15. The highest BCUT2D eigenvalue weighted by Crippen LogP contribution is 2.80. The van der Waals surface area contributed by atoms with Crippen molar-refractivity contribution in [3.63, 3.8) is 0 Å². The minimum atomic E-state index is -0.768. The molecule has 2 saturated heterocycles. The summed E-state index contributed by atoms with van der Waals surface area (Å²) in [6, 6.07) is 0. The smallest absolute Gasteiger partial charge is 0.325 e. The number of hydrogen-bond donors (Lipinski definition) is 2. The lowest BCUT2D eigenvalue weighted by Crippen LogP contribution is -2.41. The molecule has 3 aliphatic rings. The van der Waals surface area contributed by atoms with Gasteiger partial charge >= 0.3 is 5.97 Å². The van der Waals surface area contributed by atoms with E-state index >= 15 is 0 Å². The van der Waals surface area contributed by atoms with Crippen molar-refractivity contribution in [1.82, 2.24) is 0 Å². The Morgan fingerprint density at radius 2 is 2.29 bits per heavy atom. The Bertz CT molecular complexity index is 369. The number of thioether (sulfide) groups is 2. The maximum Gasteiger partial charge on any atom is 0.325 e. The lowest BCUT2D eigenvalue weighted by molar-refractivity contribution is -0.138. The van der Waals surface area contributed by atoms with Gasteiger partial charge in [0.15, 0.2) is 0 Å². The second-order valence-corrected chi connectivity index (χ2v) is 6.91. The molecule has 0 saturated carbocycles. The van der Waals surface area contributed by atoms with Gasteiger partial charge in [-0.2, -0.15) is 0 Å². The van der Waals surface area contributed by atoms with Crippen molar-refractivity contribution in [2.45, 2.75) is 33.0 Å². The lowest BCUT2D eigenvalue weighted by Gasteiger charge is -2.20. The Kier molecular flexibility index (Phi) is 1.42. The van der Waals surface area contributed by atoms with Crippen LogP contribution in [0.15, 0.2) is 12.2 Å². The maximum atomic E-state index is 11.2. The van der Waals surface area contributed by atoms with E-state index in [0.29, 0.717) is 0 Å². The summed E-state index contributed by atoms with van der Waals surface area (Å²) in [7, 11) is 0. The molecule has 4 atom stereocenters. The molecule has 2 N–H and O–H groups in total. The van der Waals surface area contributed by atoms with Crippen molar-refractivity contribution in [2.75, 3.05) is 0 Å². The molecule has 0 aromatic carbocycles. The van der Waals surface area contributed by atoms with Crippen LogP contribution < -0.4 is 0 Å². The van der Waals surface area contributed by atoms with E-state index in [-0.39, 0.29) is 10.00 Å². The molecule has 1 aliphatic carbocycles. The Labute approximate surface area is 89.9 Å². The molecule has 0 aromatic rings. The molecular formula is C9H10O3S2. The fourth-order valence-corrected chi connectivity index (χ4v) is 5.76. The van der Waals surface area contributed by atoms with Gasteiger partial charge in [0.1, 0.15) is 9.68 Å². The first-order chi connectivity index (χ1) is 6.51. The number of carboxylic acids is 1. The Morgan fingerprint density at radius 1 is 1.57 bits per heavy atom. The van der Waals surface area contributed by atoms with Crippen molar-refractivity contribution in [3.8, 4) is 0 Å². The summed E-state index contributed by atoms with van der Waals surface area (Å²) in [6.07, 6.45) is 4.14. The Morgan fingerprint density at radius 3 is 2.86 bits per heavy atom. The quantitative estimate of drug-likeness (QED) is 0.549. The van der Waals surface area contributed by atoms with Crippen LogP contribution in [0.4, 0.5) is 0 Å². The van der Waals surface area contributed by atoms with Crippen molar-refractivity contribution >= 4 is 29.5 Å². The monoisotopic (exact) mass is 230 g/mol. The summed E-state index contributed by atoms with van der Waals surface area (Å²) in [5.41, 5.74) is 0. The van der Waals surface area contributed by atoms with E-state index in [1.807, 2.05) is 6.92 Å². The van der Waals surface area contributed by atoms with E-state index < -0.39 is 15.6 Å². The molecule has 3 nitrogen and oxygen atoms in total. The molecule has 2 fully saturated rings. The van der Waals surface area contributed by atoms with Gasteiger partial charge in [0.25, 0.3) is 0 Å². The number of carboxylic acid groups (broad SMARTS) is 1. The maximum absolute atomic E-state index is 11.2. The second-order valence-electron chi connectivity index (χ2n) is 3.97. The third-order valence-corrected chi connectivity index (χ3v) is 7.02. The molecule has 4 unspecified atom stereocenters. The molecule has 0 amide bonds. The first-order valence-electron chi connectivity index (χ1n) is 4.55. The van der Waals surface area contributed by atoms with Crippen molar-refractivity contribution in [3.05, 3.63) is 12.2 Å². The van der Waals surface area contributed by atoms with Gasteiger partial charge in [-0.3, -0.25) is 4.79 Å². The highest BCUT2D eigenvalue weighted by atomic mass is 32.2. The van der Waals surface area contributed by atoms with E-state index in [4.69, 9.17) is 0 Å². The van der Waals surface area contributed by atoms with Crippen LogP contribution in [-0.2, 0) is 4.79 Å². The van der Waals surface area contributed by atoms with Crippen LogP contribution in [0.5, 0.6) is 0 Å². The number of hydrogen-bond acceptors (Lipinski definition) is 4. The van der Waals surface area contributed by atoms with Crippen LogP contribution in [0.25, 0.3) is 0 Å². The SMILES string of the molecule is CCC12SC1(C(=O)O)C=CC1(O)SC12. The minimum Gasteiger partial charge on any atom is -0.480 e. The zero-order chi connectivity index (χ0) is 10.2. The summed E-state index contributed by atoms with van der Waals surface area (Å²) in [5, 5.41) is 19.2. The Balaban J connectivity index is 2.07. The molecule has 0 radical (unpaired) electrons. The molecule has 0 aromatic heterocycles. The third kappa shape index (κ3) is 0.729. The number of carbonyl (C=O) groups is 1. The number of aliphatic carboxylic acids is 1. The topological polar surface area (TPSA) is 57.5 Å². The molecular weight excluding hydrogens is 220 g/mol. The predicted octanol–water partition coefficient (Wildman–Crippen LogP) is 1.08. The fourth-order valence-electron chi connectivity index (χ4n) is 2.45. The van der Waals surface area contributed by atoms with Gasteiger partial charge in [-0.05, 0) is 12.5 Å². The van der Waals surface area contributed by atoms with E-state index in [9.17, 15) is 15.0 Å². The molecule has 0 bridgehead atoms.